The highest BCUT2D eigenvalue weighted by Crippen LogP contribution is 2.37. The summed E-state index contributed by atoms with van der Waals surface area (Å²) in [4.78, 5) is 0. The summed E-state index contributed by atoms with van der Waals surface area (Å²) >= 11 is 5.94. The Kier molecular flexibility index (Phi) is 2.94. The molecule has 76 valence electrons. The molecule has 1 unspecified atom stereocenters. The van der Waals surface area contributed by atoms with Crippen molar-refractivity contribution < 1.29 is 4.74 Å². The van der Waals surface area contributed by atoms with Crippen molar-refractivity contribution in [3.05, 3.63) is 28.8 Å². The molecule has 0 bridgehead atoms. The minimum Gasteiger partial charge on any atom is -0.493 e. The number of hydrogen-bond acceptors (Lipinski definition) is 2. The van der Waals surface area contributed by atoms with E-state index in [1.165, 1.54) is 5.56 Å². The van der Waals surface area contributed by atoms with Crippen LogP contribution in [0.15, 0.2) is 18.2 Å². The molecule has 0 spiro atoms. The monoisotopic (exact) mass is 211 g/mol. The second kappa shape index (κ2) is 4.20. The maximum absolute atomic E-state index is 5.94. The lowest BCUT2D eigenvalue weighted by molar-refractivity contribution is 0.324. The molecule has 3 heteroatoms. The first-order chi connectivity index (χ1) is 6.81. The number of fused-ring (bicyclic) bond motifs is 1. The molecule has 14 heavy (non-hydrogen) atoms. The zero-order valence-electron chi connectivity index (χ0n) is 8.00. The highest BCUT2D eigenvalue weighted by molar-refractivity contribution is 6.30. The minimum absolute atomic E-state index is 0.479. The van der Waals surface area contributed by atoms with E-state index in [2.05, 4.69) is 0 Å². The number of ether oxygens (including phenoxy) is 1. The van der Waals surface area contributed by atoms with Crippen molar-refractivity contribution in [1.82, 2.24) is 0 Å². The summed E-state index contributed by atoms with van der Waals surface area (Å²) in [6.07, 6.45) is 2.13. The molecular formula is C11H14ClNO. The van der Waals surface area contributed by atoms with Crippen LogP contribution in [-0.4, -0.2) is 13.2 Å². The molecule has 1 aliphatic heterocycles. The van der Waals surface area contributed by atoms with Crippen LogP contribution in [0, 0.1) is 0 Å². The first-order valence-corrected chi connectivity index (χ1v) is 5.31. The van der Waals surface area contributed by atoms with Gasteiger partial charge in [-0.3, -0.25) is 0 Å². The van der Waals surface area contributed by atoms with Crippen molar-refractivity contribution in [3.8, 4) is 5.75 Å². The second-order valence-electron chi connectivity index (χ2n) is 3.62. The Morgan fingerprint density at radius 3 is 3.14 bits per heavy atom. The number of rotatable bonds is 3. The van der Waals surface area contributed by atoms with Crippen LogP contribution in [0.5, 0.6) is 5.75 Å². The van der Waals surface area contributed by atoms with E-state index >= 15 is 0 Å². The maximum atomic E-state index is 5.94. The predicted octanol–water partition coefficient (Wildman–Crippen LogP) is 2.55. The molecule has 0 saturated heterocycles. The fourth-order valence-corrected chi connectivity index (χ4v) is 2.03. The van der Waals surface area contributed by atoms with Crippen molar-refractivity contribution in [1.29, 1.82) is 0 Å². The third-order valence-electron chi connectivity index (χ3n) is 2.61. The maximum Gasteiger partial charge on any atom is 0.123 e. The molecule has 2 nitrogen and oxygen atoms in total. The Hall–Kier alpha value is -0.730. The van der Waals surface area contributed by atoms with Crippen LogP contribution in [0.25, 0.3) is 0 Å². The smallest absolute Gasteiger partial charge is 0.123 e. The molecule has 0 saturated carbocycles. The fraction of sp³-hybridized carbons (Fsp3) is 0.455. The van der Waals surface area contributed by atoms with Gasteiger partial charge in [-0.2, -0.15) is 0 Å². The van der Waals surface area contributed by atoms with Gasteiger partial charge in [0.2, 0.25) is 0 Å². The average molecular weight is 212 g/mol. The van der Waals surface area contributed by atoms with Crippen LogP contribution >= 0.6 is 11.6 Å². The first kappa shape index (κ1) is 9.81. The van der Waals surface area contributed by atoms with E-state index in [4.69, 9.17) is 22.1 Å². The zero-order valence-corrected chi connectivity index (χ0v) is 8.76. The molecule has 2 N–H and O–H groups in total. The first-order valence-electron chi connectivity index (χ1n) is 4.93. The molecule has 1 aliphatic rings. The van der Waals surface area contributed by atoms with Crippen LogP contribution in [0.4, 0.5) is 0 Å². The summed E-state index contributed by atoms with van der Waals surface area (Å²) in [5, 5.41) is 0.784. The molecule has 1 aromatic carbocycles. The molecule has 0 aliphatic carbocycles. The molecule has 1 aromatic rings. The number of benzene rings is 1. The third-order valence-corrected chi connectivity index (χ3v) is 2.84. The summed E-state index contributed by atoms with van der Waals surface area (Å²) in [6.45, 7) is 1.52. The van der Waals surface area contributed by atoms with E-state index in [1.54, 1.807) is 0 Å². The second-order valence-corrected chi connectivity index (χ2v) is 4.06. The van der Waals surface area contributed by atoms with Gasteiger partial charge in [0.15, 0.2) is 0 Å². The molecule has 0 fully saturated rings. The third kappa shape index (κ3) is 1.86. The number of halogens is 1. The SMILES string of the molecule is NCCCC1COc2ccc(Cl)cc21. The molecule has 2 rings (SSSR count). The largest absolute Gasteiger partial charge is 0.493 e. The van der Waals surface area contributed by atoms with Gasteiger partial charge in [0.1, 0.15) is 5.75 Å². The van der Waals surface area contributed by atoms with Crippen molar-refractivity contribution in [3.63, 3.8) is 0 Å². The molecule has 0 radical (unpaired) electrons. The van der Waals surface area contributed by atoms with E-state index in [9.17, 15) is 0 Å². The van der Waals surface area contributed by atoms with Crippen molar-refractivity contribution in [2.75, 3.05) is 13.2 Å². The summed E-state index contributed by atoms with van der Waals surface area (Å²) in [5.74, 6) is 1.46. The lowest BCUT2D eigenvalue weighted by Gasteiger charge is -2.07. The van der Waals surface area contributed by atoms with E-state index in [1.807, 2.05) is 18.2 Å². The highest BCUT2D eigenvalue weighted by Gasteiger charge is 2.23. The Morgan fingerprint density at radius 2 is 2.36 bits per heavy atom. The summed E-state index contributed by atoms with van der Waals surface area (Å²) in [7, 11) is 0. The lowest BCUT2D eigenvalue weighted by Crippen LogP contribution is -2.05. The predicted molar refractivity (Wildman–Crippen MR) is 58.0 cm³/mol. The van der Waals surface area contributed by atoms with E-state index in [-0.39, 0.29) is 0 Å². The van der Waals surface area contributed by atoms with Gasteiger partial charge in [-0.1, -0.05) is 11.6 Å². The van der Waals surface area contributed by atoms with Gasteiger partial charge in [-0.25, -0.2) is 0 Å². The number of nitrogens with two attached hydrogens (primary N) is 1. The van der Waals surface area contributed by atoms with Crippen LogP contribution in [0.2, 0.25) is 5.02 Å². The van der Waals surface area contributed by atoms with Gasteiger partial charge < -0.3 is 10.5 Å². The Balaban J connectivity index is 2.16. The van der Waals surface area contributed by atoms with Crippen molar-refractivity contribution in [2.45, 2.75) is 18.8 Å². The topological polar surface area (TPSA) is 35.2 Å². The van der Waals surface area contributed by atoms with Gasteiger partial charge in [0.25, 0.3) is 0 Å². The van der Waals surface area contributed by atoms with Crippen LogP contribution in [-0.2, 0) is 0 Å². The highest BCUT2D eigenvalue weighted by atomic mass is 35.5. The molecule has 1 atom stereocenters. The van der Waals surface area contributed by atoms with Crippen LogP contribution in [0.1, 0.15) is 24.3 Å². The Labute approximate surface area is 89.0 Å². The summed E-state index contributed by atoms with van der Waals surface area (Å²) in [5.41, 5.74) is 6.73. The molecule has 0 amide bonds. The van der Waals surface area contributed by atoms with Gasteiger partial charge >= 0.3 is 0 Å². The van der Waals surface area contributed by atoms with Gasteiger partial charge in [0.05, 0.1) is 6.61 Å². The van der Waals surface area contributed by atoms with Crippen molar-refractivity contribution in [2.24, 2.45) is 5.73 Å². The quantitative estimate of drug-likeness (QED) is 0.834. The summed E-state index contributed by atoms with van der Waals surface area (Å²) in [6, 6.07) is 5.82. The van der Waals surface area contributed by atoms with E-state index in [0.717, 1.165) is 36.8 Å². The van der Waals surface area contributed by atoms with Gasteiger partial charge in [-0.15, -0.1) is 0 Å². The Morgan fingerprint density at radius 1 is 1.50 bits per heavy atom. The normalized spacial score (nSPS) is 19.1. The molecule has 0 aromatic heterocycles. The summed E-state index contributed by atoms with van der Waals surface area (Å²) < 4.78 is 5.56. The molecule has 1 heterocycles. The van der Waals surface area contributed by atoms with E-state index < -0.39 is 0 Å². The van der Waals surface area contributed by atoms with Crippen LogP contribution in [0.3, 0.4) is 0 Å². The van der Waals surface area contributed by atoms with Gasteiger partial charge in [0, 0.05) is 16.5 Å². The standard InChI is InChI=1S/C11H14ClNO/c12-9-3-4-11-10(6-9)8(7-14-11)2-1-5-13/h3-4,6,8H,1-2,5,7,13H2. The Bertz CT molecular complexity index is 327. The van der Waals surface area contributed by atoms with Gasteiger partial charge in [-0.05, 0) is 37.6 Å². The van der Waals surface area contributed by atoms with Crippen molar-refractivity contribution >= 4 is 11.6 Å². The minimum atomic E-state index is 0.479. The average Bonchev–Trinajstić information content (AvgIpc) is 2.57. The molecular weight excluding hydrogens is 198 g/mol. The lowest BCUT2D eigenvalue weighted by atomic mass is 9.96. The van der Waals surface area contributed by atoms with Crippen LogP contribution < -0.4 is 10.5 Å². The number of hydrogen-bond donors (Lipinski definition) is 1. The zero-order chi connectivity index (χ0) is 9.97. The van der Waals surface area contributed by atoms with E-state index in [0.29, 0.717) is 5.92 Å². The fourth-order valence-electron chi connectivity index (χ4n) is 1.85.